The first-order valence-corrected chi connectivity index (χ1v) is 6.31. The van der Waals surface area contributed by atoms with Gasteiger partial charge >= 0.3 is 0 Å². The molecule has 1 unspecified atom stereocenters. The van der Waals surface area contributed by atoms with Gasteiger partial charge in [0.2, 0.25) is 0 Å². The number of carbonyl (C=O) groups is 1. The number of carbonyl (C=O) groups excluding carboxylic acids is 1. The molecule has 0 saturated carbocycles. The van der Waals surface area contributed by atoms with Crippen LogP contribution in [0.4, 0.5) is 0 Å². The zero-order valence-corrected chi connectivity index (χ0v) is 11.1. The molecule has 1 aliphatic heterocycles. The molecule has 1 aromatic heterocycles. The van der Waals surface area contributed by atoms with E-state index in [0.29, 0.717) is 17.8 Å². The highest BCUT2D eigenvalue weighted by Crippen LogP contribution is 2.32. The topological polar surface area (TPSA) is 38.1 Å². The molecule has 17 heavy (non-hydrogen) atoms. The van der Waals surface area contributed by atoms with Crippen LogP contribution in [-0.4, -0.2) is 33.1 Å². The SMILES string of the molecule is CC(=O)c1cc(C2CCCN2C(C)C)nn1C. The Kier molecular flexibility index (Phi) is 3.33. The van der Waals surface area contributed by atoms with Crippen molar-refractivity contribution in [1.29, 1.82) is 0 Å². The molecular formula is C13H21N3O. The van der Waals surface area contributed by atoms with Gasteiger partial charge in [-0.25, -0.2) is 0 Å². The second-order valence-electron chi connectivity index (χ2n) is 5.12. The predicted octanol–water partition coefficient (Wildman–Crippen LogP) is 2.17. The number of rotatable bonds is 3. The van der Waals surface area contributed by atoms with Crippen molar-refractivity contribution in [2.24, 2.45) is 7.05 Å². The molecule has 1 atom stereocenters. The Labute approximate surface area is 103 Å². The van der Waals surface area contributed by atoms with Gasteiger partial charge in [0.05, 0.1) is 11.7 Å². The van der Waals surface area contributed by atoms with Gasteiger partial charge in [0.15, 0.2) is 5.78 Å². The fourth-order valence-electron chi connectivity index (χ4n) is 2.71. The molecule has 4 nitrogen and oxygen atoms in total. The molecule has 1 fully saturated rings. The third-order valence-electron chi connectivity index (χ3n) is 3.56. The van der Waals surface area contributed by atoms with E-state index >= 15 is 0 Å². The summed E-state index contributed by atoms with van der Waals surface area (Å²) in [6, 6.07) is 2.87. The van der Waals surface area contributed by atoms with Crippen LogP contribution >= 0.6 is 0 Å². The molecule has 1 aliphatic rings. The smallest absolute Gasteiger partial charge is 0.177 e. The van der Waals surface area contributed by atoms with Crippen LogP contribution in [0, 0.1) is 0 Å². The average Bonchev–Trinajstić information content (AvgIpc) is 2.82. The summed E-state index contributed by atoms with van der Waals surface area (Å²) >= 11 is 0. The van der Waals surface area contributed by atoms with Gasteiger partial charge in [-0.3, -0.25) is 14.4 Å². The number of hydrogen-bond acceptors (Lipinski definition) is 3. The van der Waals surface area contributed by atoms with Gasteiger partial charge < -0.3 is 0 Å². The summed E-state index contributed by atoms with van der Waals surface area (Å²) in [7, 11) is 1.84. The summed E-state index contributed by atoms with van der Waals surface area (Å²) < 4.78 is 1.70. The standard InChI is InChI=1S/C13H21N3O/c1-9(2)16-7-5-6-12(16)11-8-13(10(3)17)15(4)14-11/h8-9,12H,5-7H2,1-4H3. The van der Waals surface area contributed by atoms with Gasteiger partial charge in [-0.2, -0.15) is 5.10 Å². The molecule has 94 valence electrons. The van der Waals surface area contributed by atoms with Crippen LogP contribution in [0.2, 0.25) is 0 Å². The van der Waals surface area contributed by atoms with Crippen molar-refractivity contribution < 1.29 is 4.79 Å². The van der Waals surface area contributed by atoms with E-state index in [1.807, 2.05) is 13.1 Å². The number of aryl methyl sites for hydroxylation is 1. The summed E-state index contributed by atoms with van der Waals surface area (Å²) in [6.07, 6.45) is 2.36. The van der Waals surface area contributed by atoms with Gasteiger partial charge in [-0.15, -0.1) is 0 Å². The zero-order valence-electron chi connectivity index (χ0n) is 11.1. The fourth-order valence-corrected chi connectivity index (χ4v) is 2.71. The normalized spacial score (nSPS) is 21.4. The molecule has 4 heteroatoms. The predicted molar refractivity (Wildman–Crippen MR) is 67.0 cm³/mol. The first-order chi connectivity index (χ1) is 8.00. The Bertz CT molecular complexity index is 422. The molecule has 0 aliphatic carbocycles. The number of Topliss-reactive ketones (excluding diaryl/α,β-unsaturated/α-hetero) is 1. The molecule has 1 saturated heterocycles. The average molecular weight is 235 g/mol. The van der Waals surface area contributed by atoms with Crippen LogP contribution < -0.4 is 0 Å². The van der Waals surface area contributed by atoms with E-state index in [0.717, 1.165) is 18.7 Å². The molecule has 0 radical (unpaired) electrons. The van der Waals surface area contributed by atoms with E-state index in [2.05, 4.69) is 23.8 Å². The molecule has 0 aromatic carbocycles. The van der Waals surface area contributed by atoms with Gasteiger partial charge in [-0.1, -0.05) is 0 Å². The van der Waals surface area contributed by atoms with E-state index in [-0.39, 0.29) is 5.78 Å². The summed E-state index contributed by atoms with van der Waals surface area (Å²) in [6.45, 7) is 7.16. The highest BCUT2D eigenvalue weighted by molar-refractivity contribution is 5.92. The number of likely N-dealkylation sites (tertiary alicyclic amines) is 1. The van der Waals surface area contributed by atoms with Crippen LogP contribution in [0.25, 0.3) is 0 Å². The van der Waals surface area contributed by atoms with Crippen molar-refractivity contribution in [3.8, 4) is 0 Å². The van der Waals surface area contributed by atoms with Crippen LogP contribution in [0.15, 0.2) is 6.07 Å². The lowest BCUT2D eigenvalue weighted by atomic mass is 10.1. The summed E-state index contributed by atoms with van der Waals surface area (Å²) in [5.41, 5.74) is 1.75. The van der Waals surface area contributed by atoms with Gasteiger partial charge in [0, 0.05) is 20.0 Å². The molecule has 1 aromatic rings. The molecule has 2 heterocycles. The third kappa shape index (κ3) is 2.27. The van der Waals surface area contributed by atoms with E-state index in [4.69, 9.17) is 0 Å². The van der Waals surface area contributed by atoms with Gasteiger partial charge in [0.25, 0.3) is 0 Å². The molecule has 0 spiro atoms. The Balaban J connectivity index is 2.28. The first-order valence-electron chi connectivity index (χ1n) is 6.31. The van der Waals surface area contributed by atoms with Crippen molar-refractivity contribution in [3.63, 3.8) is 0 Å². The number of ketones is 1. The van der Waals surface area contributed by atoms with Crippen molar-refractivity contribution in [2.75, 3.05) is 6.54 Å². The Hall–Kier alpha value is -1.16. The number of hydrogen-bond donors (Lipinski definition) is 0. The van der Waals surface area contributed by atoms with E-state index in [1.165, 1.54) is 6.42 Å². The summed E-state index contributed by atoms with van der Waals surface area (Å²) in [5.74, 6) is 0.0837. The fraction of sp³-hybridized carbons (Fsp3) is 0.692. The maximum Gasteiger partial charge on any atom is 0.177 e. The van der Waals surface area contributed by atoms with E-state index in [9.17, 15) is 4.79 Å². The van der Waals surface area contributed by atoms with E-state index in [1.54, 1.807) is 11.6 Å². The first kappa shape index (κ1) is 12.3. The van der Waals surface area contributed by atoms with Gasteiger partial charge in [0.1, 0.15) is 5.69 Å². The van der Waals surface area contributed by atoms with Crippen molar-refractivity contribution in [2.45, 2.75) is 45.7 Å². The van der Waals surface area contributed by atoms with Crippen LogP contribution in [0.5, 0.6) is 0 Å². The van der Waals surface area contributed by atoms with Crippen LogP contribution in [-0.2, 0) is 7.05 Å². The number of aromatic nitrogens is 2. The summed E-state index contributed by atoms with van der Waals surface area (Å²) in [4.78, 5) is 13.9. The lowest BCUT2D eigenvalue weighted by Gasteiger charge is -2.26. The molecule has 0 N–H and O–H groups in total. The molecule has 0 amide bonds. The largest absolute Gasteiger partial charge is 0.293 e. The third-order valence-corrected chi connectivity index (χ3v) is 3.56. The second kappa shape index (κ2) is 4.61. The highest BCUT2D eigenvalue weighted by Gasteiger charge is 2.30. The molecule has 2 rings (SSSR count). The minimum absolute atomic E-state index is 0.0837. The zero-order chi connectivity index (χ0) is 12.6. The van der Waals surface area contributed by atoms with Gasteiger partial charge in [-0.05, 0) is 39.3 Å². The lowest BCUT2D eigenvalue weighted by molar-refractivity contribution is 0.100. The Morgan fingerprint density at radius 2 is 2.24 bits per heavy atom. The summed E-state index contributed by atoms with van der Waals surface area (Å²) in [5, 5.41) is 4.50. The second-order valence-corrected chi connectivity index (χ2v) is 5.12. The number of nitrogens with zero attached hydrogens (tertiary/aromatic N) is 3. The minimum Gasteiger partial charge on any atom is -0.293 e. The van der Waals surface area contributed by atoms with Crippen molar-refractivity contribution >= 4 is 5.78 Å². The quantitative estimate of drug-likeness (QED) is 0.754. The maximum absolute atomic E-state index is 11.4. The van der Waals surface area contributed by atoms with Crippen molar-refractivity contribution in [3.05, 3.63) is 17.5 Å². The maximum atomic E-state index is 11.4. The van der Waals surface area contributed by atoms with E-state index < -0.39 is 0 Å². The van der Waals surface area contributed by atoms with Crippen LogP contribution in [0.3, 0.4) is 0 Å². The molecule has 0 bridgehead atoms. The Morgan fingerprint density at radius 3 is 2.76 bits per heavy atom. The van der Waals surface area contributed by atoms with Crippen LogP contribution in [0.1, 0.15) is 55.8 Å². The Morgan fingerprint density at radius 1 is 1.53 bits per heavy atom. The minimum atomic E-state index is 0.0837. The molecular weight excluding hydrogens is 214 g/mol. The lowest BCUT2D eigenvalue weighted by Crippen LogP contribution is -2.30. The highest BCUT2D eigenvalue weighted by atomic mass is 16.1. The van der Waals surface area contributed by atoms with Crippen molar-refractivity contribution in [1.82, 2.24) is 14.7 Å². The monoisotopic (exact) mass is 235 g/mol.